The summed E-state index contributed by atoms with van der Waals surface area (Å²) < 4.78 is 29.9. The Hall–Kier alpha value is -3.36. The van der Waals surface area contributed by atoms with Crippen molar-refractivity contribution >= 4 is 23.1 Å². The number of aromatic nitrogens is 4. The molecule has 0 aliphatic heterocycles. The van der Waals surface area contributed by atoms with Crippen LogP contribution in [0.2, 0.25) is 0 Å². The molecule has 32 heavy (non-hydrogen) atoms. The van der Waals surface area contributed by atoms with Crippen molar-refractivity contribution < 1.29 is 8.78 Å². The Morgan fingerprint density at radius 3 is 2.28 bits per heavy atom. The molecule has 0 fully saturated rings. The molecule has 0 saturated carbocycles. The molecule has 158 valence electrons. The van der Waals surface area contributed by atoms with Gasteiger partial charge in [-0.2, -0.15) is 0 Å². The quantitative estimate of drug-likeness (QED) is 0.266. The summed E-state index contributed by atoms with van der Waals surface area (Å²) in [7, 11) is 0. The first-order valence-electron chi connectivity index (χ1n) is 9.78. The molecule has 0 spiro atoms. The monoisotopic (exact) mass is 462 g/mol. The molecule has 4 nitrogen and oxygen atoms in total. The molecule has 5 rings (SSSR count). The van der Waals surface area contributed by atoms with Gasteiger partial charge in [-0.05, 0) is 12.1 Å². The number of hydrogen-bond donors (Lipinski definition) is 0. The van der Waals surface area contributed by atoms with E-state index in [2.05, 4.69) is 10.2 Å². The Labute approximate surface area is 191 Å². The van der Waals surface area contributed by atoms with E-state index in [0.717, 1.165) is 27.9 Å². The molecule has 2 heterocycles. The lowest BCUT2D eigenvalue weighted by atomic mass is 10.2. The zero-order valence-corrected chi connectivity index (χ0v) is 18.3. The molecule has 0 bridgehead atoms. The van der Waals surface area contributed by atoms with Crippen molar-refractivity contribution in [1.82, 2.24) is 19.7 Å². The lowest BCUT2D eigenvalue weighted by Crippen LogP contribution is -2.03. The second-order valence-electron chi connectivity index (χ2n) is 6.90. The molecule has 0 radical (unpaired) electrons. The van der Waals surface area contributed by atoms with Crippen molar-refractivity contribution in [3.05, 3.63) is 102 Å². The van der Waals surface area contributed by atoms with Gasteiger partial charge < -0.3 is 0 Å². The highest BCUT2D eigenvalue weighted by atomic mass is 32.2. The maximum absolute atomic E-state index is 14.7. The van der Waals surface area contributed by atoms with Gasteiger partial charge in [0.2, 0.25) is 0 Å². The van der Waals surface area contributed by atoms with Crippen LogP contribution in [0, 0.1) is 11.6 Å². The molecule has 5 aromatic rings. The summed E-state index contributed by atoms with van der Waals surface area (Å²) in [5.74, 6) is -0.282. The molecule has 0 N–H and O–H groups in total. The molecule has 0 unspecified atom stereocenters. The summed E-state index contributed by atoms with van der Waals surface area (Å²) in [6.45, 7) is 0. The fourth-order valence-electron chi connectivity index (χ4n) is 3.24. The summed E-state index contributed by atoms with van der Waals surface area (Å²) in [6.07, 6.45) is 0. The highest BCUT2D eigenvalue weighted by molar-refractivity contribution is 7.98. The number of benzene rings is 3. The average Bonchev–Trinajstić information content (AvgIpc) is 3.46. The highest BCUT2D eigenvalue weighted by Gasteiger charge is 2.19. The minimum absolute atomic E-state index is 0.195. The Morgan fingerprint density at radius 2 is 1.56 bits per heavy atom. The summed E-state index contributed by atoms with van der Waals surface area (Å²) in [4.78, 5) is 4.71. The van der Waals surface area contributed by atoms with E-state index in [4.69, 9.17) is 4.98 Å². The van der Waals surface area contributed by atoms with Crippen molar-refractivity contribution in [2.45, 2.75) is 10.9 Å². The van der Waals surface area contributed by atoms with Crippen LogP contribution in [0.1, 0.15) is 5.69 Å². The van der Waals surface area contributed by atoms with Crippen LogP contribution >= 0.6 is 23.1 Å². The largest absolute Gasteiger partial charge is 0.267 e. The third-order valence-corrected chi connectivity index (χ3v) is 6.64. The Balaban J connectivity index is 1.48. The number of hydrogen-bond acceptors (Lipinski definition) is 5. The smallest absolute Gasteiger partial charge is 0.196 e. The van der Waals surface area contributed by atoms with Crippen molar-refractivity contribution in [2.75, 3.05) is 0 Å². The van der Waals surface area contributed by atoms with Crippen LogP contribution in [-0.4, -0.2) is 19.7 Å². The normalized spacial score (nSPS) is 11.1. The fraction of sp³-hybridized carbons (Fsp3) is 0.0417. The van der Waals surface area contributed by atoms with Gasteiger partial charge >= 0.3 is 0 Å². The molecule has 0 aliphatic carbocycles. The van der Waals surface area contributed by atoms with Gasteiger partial charge in [-0.1, -0.05) is 72.4 Å². The predicted octanol–water partition coefficient (Wildman–Crippen LogP) is 6.63. The van der Waals surface area contributed by atoms with E-state index >= 15 is 0 Å². The molecular weight excluding hydrogens is 446 g/mol. The molecule has 0 aliphatic rings. The first-order chi connectivity index (χ1) is 15.7. The molecule has 0 saturated heterocycles. The Kier molecular flexibility index (Phi) is 5.79. The van der Waals surface area contributed by atoms with Gasteiger partial charge in [0.15, 0.2) is 11.0 Å². The first-order valence-corrected chi connectivity index (χ1v) is 11.6. The standard InChI is InChI=1S/C24H16F2N4S2/c25-18-11-12-21(20(26)13-18)30-22(16-7-3-1-4-8-16)28-29-24(30)32-15-19-14-31-23(27-19)17-9-5-2-6-10-17/h1-14H,15H2. The second-order valence-corrected chi connectivity index (χ2v) is 8.70. The Morgan fingerprint density at radius 1 is 0.844 bits per heavy atom. The third-order valence-electron chi connectivity index (χ3n) is 4.74. The van der Waals surface area contributed by atoms with Crippen LogP contribution in [0.3, 0.4) is 0 Å². The van der Waals surface area contributed by atoms with Crippen LogP contribution in [0.15, 0.2) is 89.4 Å². The van der Waals surface area contributed by atoms with Crippen LogP contribution in [0.4, 0.5) is 8.78 Å². The molecule has 3 aromatic carbocycles. The van der Waals surface area contributed by atoms with Gasteiger partial charge in [-0.25, -0.2) is 13.8 Å². The second kappa shape index (κ2) is 9.02. The predicted molar refractivity (Wildman–Crippen MR) is 124 cm³/mol. The van der Waals surface area contributed by atoms with Crippen LogP contribution in [0.5, 0.6) is 0 Å². The zero-order valence-electron chi connectivity index (χ0n) is 16.7. The molecule has 0 atom stereocenters. The molecule has 2 aromatic heterocycles. The SMILES string of the molecule is Fc1ccc(-n2c(SCc3csc(-c4ccccc4)n3)nnc2-c2ccccc2)c(F)c1. The average molecular weight is 463 g/mol. The molecular formula is C24H16F2N4S2. The van der Waals surface area contributed by atoms with Crippen LogP contribution < -0.4 is 0 Å². The summed E-state index contributed by atoms with van der Waals surface area (Å²) in [5, 5.41) is 12.1. The van der Waals surface area contributed by atoms with E-state index in [1.165, 1.54) is 23.9 Å². The van der Waals surface area contributed by atoms with Gasteiger partial charge in [0.1, 0.15) is 16.6 Å². The van der Waals surface area contributed by atoms with Gasteiger partial charge in [0, 0.05) is 28.3 Å². The Bertz CT molecular complexity index is 1350. The van der Waals surface area contributed by atoms with E-state index in [9.17, 15) is 8.78 Å². The van der Waals surface area contributed by atoms with E-state index in [1.54, 1.807) is 15.9 Å². The van der Waals surface area contributed by atoms with E-state index in [1.807, 2.05) is 66.0 Å². The first kappa shape index (κ1) is 20.5. The van der Waals surface area contributed by atoms with E-state index < -0.39 is 11.6 Å². The third kappa shape index (κ3) is 4.19. The lowest BCUT2D eigenvalue weighted by Gasteiger charge is -2.11. The number of halogens is 2. The molecule has 0 amide bonds. The number of thiazole rings is 1. The van der Waals surface area contributed by atoms with Crippen molar-refractivity contribution in [3.63, 3.8) is 0 Å². The fourth-order valence-corrected chi connectivity index (χ4v) is 5.01. The van der Waals surface area contributed by atoms with Crippen LogP contribution in [-0.2, 0) is 5.75 Å². The maximum Gasteiger partial charge on any atom is 0.196 e. The van der Waals surface area contributed by atoms with Crippen molar-refractivity contribution in [1.29, 1.82) is 0 Å². The van der Waals surface area contributed by atoms with Crippen molar-refractivity contribution in [2.24, 2.45) is 0 Å². The minimum Gasteiger partial charge on any atom is -0.267 e. The van der Waals surface area contributed by atoms with Gasteiger partial charge in [0.25, 0.3) is 0 Å². The zero-order chi connectivity index (χ0) is 21.9. The van der Waals surface area contributed by atoms with Gasteiger partial charge in [-0.15, -0.1) is 21.5 Å². The number of nitrogens with zero attached hydrogens (tertiary/aromatic N) is 4. The summed E-state index contributed by atoms with van der Waals surface area (Å²) >= 11 is 2.98. The summed E-state index contributed by atoms with van der Waals surface area (Å²) in [6, 6.07) is 22.9. The van der Waals surface area contributed by atoms with Gasteiger partial charge in [0.05, 0.1) is 11.4 Å². The number of thioether (sulfide) groups is 1. The van der Waals surface area contributed by atoms with E-state index in [-0.39, 0.29) is 5.69 Å². The minimum atomic E-state index is -0.677. The molecule has 8 heteroatoms. The van der Waals surface area contributed by atoms with Gasteiger partial charge in [-0.3, -0.25) is 4.57 Å². The van der Waals surface area contributed by atoms with Crippen molar-refractivity contribution in [3.8, 4) is 27.6 Å². The van der Waals surface area contributed by atoms with Crippen LogP contribution in [0.25, 0.3) is 27.6 Å². The highest BCUT2D eigenvalue weighted by Crippen LogP contribution is 2.32. The topological polar surface area (TPSA) is 43.6 Å². The van der Waals surface area contributed by atoms with E-state index in [0.29, 0.717) is 16.7 Å². The number of rotatable bonds is 6. The summed E-state index contributed by atoms with van der Waals surface area (Å²) in [5.41, 5.74) is 2.95. The maximum atomic E-state index is 14.7. The lowest BCUT2D eigenvalue weighted by molar-refractivity contribution is 0.575.